The van der Waals surface area contributed by atoms with Gasteiger partial charge in [-0.25, -0.2) is 14.8 Å². The second-order valence-corrected chi connectivity index (χ2v) is 6.39. The Bertz CT molecular complexity index is 819. The topological polar surface area (TPSA) is 78.1 Å². The lowest BCUT2D eigenvalue weighted by Gasteiger charge is -1.99. The smallest absolute Gasteiger partial charge is 0.361 e. The summed E-state index contributed by atoms with van der Waals surface area (Å²) in [6.45, 7) is 5.73. The van der Waals surface area contributed by atoms with Gasteiger partial charge in [-0.15, -0.1) is 22.7 Å². The SMILES string of the molecule is CCOC(=O)c1noc(C)c1-c1csc(-c2csc(C)n2)n1. The predicted octanol–water partition coefficient (Wildman–Crippen LogP) is 3.72. The molecule has 0 unspecified atom stereocenters. The summed E-state index contributed by atoms with van der Waals surface area (Å²) in [7, 11) is 0. The van der Waals surface area contributed by atoms with Gasteiger partial charge in [-0.1, -0.05) is 5.16 Å². The maximum Gasteiger partial charge on any atom is 0.361 e. The van der Waals surface area contributed by atoms with Crippen LogP contribution in [0, 0.1) is 13.8 Å². The van der Waals surface area contributed by atoms with E-state index in [2.05, 4.69) is 15.1 Å². The first-order chi connectivity index (χ1) is 10.6. The van der Waals surface area contributed by atoms with Gasteiger partial charge in [-0.2, -0.15) is 0 Å². The minimum absolute atomic E-state index is 0.158. The monoisotopic (exact) mass is 335 g/mol. The molecule has 0 amide bonds. The van der Waals surface area contributed by atoms with Crippen molar-refractivity contribution in [3.8, 4) is 22.0 Å². The summed E-state index contributed by atoms with van der Waals surface area (Å²) < 4.78 is 10.1. The zero-order valence-corrected chi connectivity index (χ0v) is 13.9. The van der Waals surface area contributed by atoms with E-state index in [9.17, 15) is 4.79 Å². The lowest BCUT2D eigenvalue weighted by atomic mass is 10.1. The lowest BCUT2D eigenvalue weighted by Crippen LogP contribution is -2.06. The molecule has 3 heterocycles. The second kappa shape index (κ2) is 5.98. The summed E-state index contributed by atoms with van der Waals surface area (Å²) in [5, 5.41) is 9.42. The average Bonchev–Trinajstić information content (AvgIpc) is 3.18. The number of rotatable bonds is 4. The van der Waals surface area contributed by atoms with Crippen molar-refractivity contribution in [2.75, 3.05) is 6.61 Å². The van der Waals surface area contributed by atoms with Crippen LogP contribution in [0.4, 0.5) is 0 Å². The molecule has 0 saturated heterocycles. The third-order valence-electron chi connectivity index (χ3n) is 2.93. The quantitative estimate of drug-likeness (QED) is 0.676. The van der Waals surface area contributed by atoms with Gasteiger partial charge in [0.1, 0.15) is 16.5 Å². The fraction of sp³-hybridized carbons (Fsp3) is 0.286. The highest BCUT2D eigenvalue weighted by molar-refractivity contribution is 7.14. The molecule has 3 aromatic heterocycles. The van der Waals surface area contributed by atoms with Crippen molar-refractivity contribution < 1.29 is 14.1 Å². The van der Waals surface area contributed by atoms with Crippen LogP contribution in [0.15, 0.2) is 15.3 Å². The van der Waals surface area contributed by atoms with Gasteiger partial charge >= 0.3 is 5.97 Å². The maximum atomic E-state index is 12.0. The number of nitrogens with zero attached hydrogens (tertiary/aromatic N) is 3. The molecule has 0 aliphatic rings. The number of carbonyl (C=O) groups excluding carboxylic acids is 1. The van der Waals surface area contributed by atoms with Crippen LogP contribution < -0.4 is 0 Å². The Morgan fingerprint density at radius 1 is 1.23 bits per heavy atom. The van der Waals surface area contributed by atoms with Gasteiger partial charge in [-0.05, 0) is 20.8 Å². The largest absolute Gasteiger partial charge is 0.461 e. The number of aromatic nitrogens is 3. The van der Waals surface area contributed by atoms with E-state index in [0.717, 1.165) is 15.7 Å². The minimum Gasteiger partial charge on any atom is -0.461 e. The molecule has 0 atom stereocenters. The highest BCUT2D eigenvalue weighted by Gasteiger charge is 2.24. The molecule has 114 valence electrons. The molecule has 0 N–H and O–H groups in total. The van der Waals surface area contributed by atoms with E-state index >= 15 is 0 Å². The van der Waals surface area contributed by atoms with Crippen LogP contribution in [0.2, 0.25) is 0 Å². The van der Waals surface area contributed by atoms with E-state index in [0.29, 0.717) is 17.0 Å². The van der Waals surface area contributed by atoms with E-state index in [-0.39, 0.29) is 12.3 Å². The second-order valence-electron chi connectivity index (χ2n) is 4.47. The summed E-state index contributed by atoms with van der Waals surface area (Å²) in [4.78, 5) is 20.9. The number of thiazole rings is 2. The summed E-state index contributed by atoms with van der Waals surface area (Å²) in [6.07, 6.45) is 0. The minimum atomic E-state index is -0.506. The Kier molecular flexibility index (Phi) is 4.04. The Hall–Kier alpha value is -2.06. The van der Waals surface area contributed by atoms with Gasteiger partial charge in [0, 0.05) is 10.8 Å². The van der Waals surface area contributed by atoms with Gasteiger partial charge in [0.2, 0.25) is 5.69 Å². The third kappa shape index (κ3) is 2.67. The highest BCUT2D eigenvalue weighted by atomic mass is 32.1. The normalized spacial score (nSPS) is 10.9. The summed E-state index contributed by atoms with van der Waals surface area (Å²) >= 11 is 3.04. The molecule has 3 rings (SSSR count). The summed E-state index contributed by atoms with van der Waals surface area (Å²) in [5.74, 6) is 0.0303. The van der Waals surface area contributed by atoms with Crippen molar-refractivity contribution in [1.82, 2.24) is 15.1 Å². The van der Waals surface area contributed by atoms with Gasteiger partial charge in [0.25, 0.3) is 0 Å². The first-order valence-electron chi connectivity index (χ1n) is 6.62. The third-order valence-corrected chi connectivity index (χ3v) is 4.57. The average molecular weight is 335 g/mol. The molecule has 0 aliphatic carbocycles. The molecule has 0 spiro atoms. The standard InChI is InChI=1S/C14H13N3O3S2/c1-4-19-14(18)12-11(7(2)20-17-12)9-5-22-13(16-9)10-6-21-8(3)15-10/h5-6H,4H2,1-3H3. The van der Waals surface area contributed by atoms with Crippen LogP contribution in [-0.2, 0) is 4.74 Å². The van der Waals surface area contributed by atoms with E-state index in [1.54, 1.807) is 25.2 Å². The Morgan fingerprint density at radius 2 is 2.00 bits per heavy atom. The Labute approximate surface area is 134 Å². The van der Waals surface area contributed by atoms with Crippen molar-refractivity contribution >= 4 is 28.6 Å². The van der Waals surface area contributed by atoms with E-state index in [1.807, 2.05) is 17.7 Å². The van der Waals surface area contributed by atoms with Crippen molar-refractivity contribution in [2.45, 2.75) is 20.8 Å². The molecule has 0 saturated carbocycles. The molecule has 0 bridgehead atoms. The van der Waals surface area contributed by atoms with Gasteiger partial charge < -0.3 is 9.26 Å². The molecular weight excluding hydrogens is 322 g/mol. The van der Waals surface area contributed by atoms with E-state index in [1.165, 1.54) is 11.3 Å². The van der Waals surface area contributed by atoms with Crippen LogP contribution in [0.5, 0.6) is 0 Å². The number of esters is 1. The lowest BCUT2D eigenvalue weighted by molar-refractivity contribution is 0.0515. The van der Waals surface area contributed by atoms with Crippen LogP contribution in [-0.4, -0.2) is 27.7 Å². The summed E-state index contributed by atoms with van der Waals surface area (Å²) in [5.41, 5.74) is 2.22. The zero-order chi connectivity index (χ0) is 15.7. The fourth-order valence-electron chi connectivity index (χ4n) is 1.98. The number of ether oxygens (including phenoxy) is 1. The molecule has 22 heavy (non-hydrogen) atoms. The number of hydrogen-bond donors (Lipinski definition) is 0. The highest BCUT2D eigenvalue weighted by Crippen LogP contribution is 2.33. The van der Waals surface area contributed by atoms with Gasteiger partial charge in [-0.3, -0.25) is 0 Å². The molecule has 3 aromatic rings. The van der Waals surface area contributed by atoms with Crippen LogP contribution in [0.25, 0.3) is 22.0 Å². The predicted molar refractivity (Wildman–Crippen MR) is 84.1 cm³/mol. The number of carbonyl (C=O) groups is 1. The summed E-state index contributed by atoms with van der Waals surface area (Å²) in [6, 6.07) is 0. The van der Waals surface area contributed by atoms with Crippen LogP contribution >= 0.6 is 22.7 Å². The van der Waals surface area contributed by atoms with Crippen molar-refractivity contribution in [3.63, 3.8) is 0 Å². The molecule has 0 fully saturated rings. The van der Waals surface area contributed by atoms with Gasteiger partial charge in [0.05, 0.1) is 22.9 Å². The molecule has 8 heteroatoms. The first kappa shape index (κ1) is 14.9. The van der Waals surface area contributed by atoms with E-state index in [4.69, 9.17) is 9.26 Å². The molecule has 6 nitrogen and oxygen atoms in total. The van der Waals surface area contributed by atoms with Gasteiger partial charge in [0.15, 0.2) is 0 Å². The van der Waals surface area contributed by atoms with Crippen LogP contribution in [0.3, 0.4) is 0 Å². The van der Waals surface area contributed by atoms with Crippen molar-refractivity contribution in [2.24, 2.45) is 0 Å². The van der Waals surface area contributed by atoms with Crippen molar-refractivity contribution in [3.05, 3.63) is 27.2 Å². The van der Waals surface area contributed by atoms with Crippen LogP contribution in [0.1, 0.15) is 28.2 Å². The molecule has 0 aromatic carbocycles. The first-order valence-corrected chi connectivity index (χ1v) is 8.38. The van der Waals surface area contributed by atoms with E-state index < -0.39 is 5.97 Å². The molecule has 0 aliphatic heterocycles. The Morgan fingerprint density at radius 3 is 2.68 bits per heavy atom. The molecule has 0 radical (unpaired) electrons. The number of aryl methyl sites for hydroxylation is 2. The fourth-order valence-corrected chi connectivity index (χ4v) is 3.42. The van der Waals surface area contributed by atoms with Crippen molar-refractivity contribution in [1.29, 1.82) is 0 Å². The Balaban J connectivity index is 2.00. The molecular formula is C14H13N3O3S2. The number of hydrogen-bond acceptors (Lipinski definition) is 8. The zero-order valence-electron chi connectivity index (χ0n) is 12.2. The maximum absolute atomic E-state index is 12.0.